The summed E-state index contributed by atoms with van der Waals surface area (Å²) in [7, 11) is 0. The second kappa shape index (κ2) is 10.4. The summed E-state index contributed by atoms with van der Waals surface area (Å²) in [6, 6.07) is 14.8. The monoisotopic (exact) mass is 341 g/mol. The smallest absolute Gasteiger partial charge is 0.335 e. The number of carboxylic acid groups (broad SMARTS) is 1. The first-order valence-electron chi connectivity index (χ1n) is 8.98. The standard InChI is InChI=1S/C21H27NO3/c1-2-3-4-5-6-15-25-20-13-7-17(8-14-20)16-22-19-11-9-18(10-12-19)21(23)24/h7-14,22H,2-6,15-16H2,1H3,(H,23,24). The van der Waals surface area contributed by atoms with Gasteiger partial charge in [-0.05, 0) is 48.4 Å². The normalized spacial score (nSPS) is 10.4. The maximum Gasteiger partial charge on any atom is 0.335 e. The molecule has 134 valence electrons. The van der Waals surface area contributed by atoms with Gasteiger partial charge in [0.25, 0.3) is 0 Å². The van der Waals surface area contributed by atoms with Crippen molar-refractivity contribution >= 4 is 11.7 Å². The van der Waals surface area contributed by atoms with Crippen LogP contribution in [0.3, 0.4) is 0 Å². The molecule has 4 nitrogen and oxygen atoms in total. The minimum absolute atomic E-state index is 0.293. The molecule has 0 aliphatic heterocycles. The first kappa shape index (κ1) is 18.8. The van der Waals surface area contributed by atoms with E-state index in [4.69, 9.17) is 9.84 Å². The van der Waals surface area contributed by atoms with Crippen molar-refractivity contribution < 1.29 is 14.6 Å². The van der Waals surface area contributed by atoms with E-state index in [0.717, 1.165) is 30.0 Å². The summed E-state index contributed by atoms with van der Waals surface area (Å²) in [4.78, 5) is 10.8. The van der Waals surface area contributed by atoms with Gasteiger partial charge in [0.05, 0.1) is 12.2 Å². The largest absolute Gasteiger partial charge is 0.494 e. The van der Waals surface area contributed by atoms with Gasteiger partial charge in [-0.3, -0.25) is 0 Å². The van der Waals surface area contributed by atoms with Crippen LogP contribution in [0, 0.1) is 0 Å². The van der Waals surface area contributed by atoms with Gasteiger partial charge >= 0.3 is 5.97 Å². The molecule has 0 radical (unpaired) electrons. The SMILES string of the molecule is CCCCCCCOc1ccc(CNc2ccc(C(=O)O)cc2)cc1. The summed E-state index contributed by atoms with van der Waals surface area (Å²) in [6.07, 6.45) is 6.20. The van der Waals surface area contributed by atoms with Gasteiger partial charge in [0.1, 0.15) is 5.75 Å². The average Bonchev–Trinajstić information content (AvgIpc) is 2.64. The molecule has 25 heavy (non-hydrogen) atoms. The minimum atomic E-state index is -0.910. The summed E-state index contributed by atoms with van der Waals surface area (Å²) in [6.45, 7) is 3.68. The first-order valence-corrected chi connectivity index (χ1v) is 8.98. The van der Waals surface area contributed by atoms with Crippen LogP contribution in [-0.4, -0.2) is 17.7 Å². The zero-order chi connectivity index (χ0) is 17.9. The van der Waals surface area contributed by atoms with Gasteiger partial charge in [-0.2, -0.15) is 0 Å². The van der Waals surface area contributed by atoms with Gasteiger partial charge in [0.15, 0.2) is 0 Å². The number of rotatable bonds is 11. The van der Waals surface area contributed by atoms with Gasteiger partial charge in [-0.15, -0.1) is 0 Å². The van der Waals surface area contributed by atoms with E-state index >= 15 is 0 Å². The quantitative estimate of drug-likeness (QED) is 0.541. The van der Waals surface area contributed by atoms with Crippen LogP contribution in [0.2, 0.25) is 0 Å². The number of hydrogen-bond acceptors (Lipinski definition) is 3. The number of hydrogen-bond donors (Lipinski definition) is 2. The topological polar surface area (TPSA) is 58.6 Å². The average molecular weight is 341 g/mol. The number of aromatic carboxylic acids is 1. The molecule has 0 unspecified atom stereocenters. The molecule has 0 aromatic heterocycles. The lowest BCUT2D eigenvalue weighted by atomic mass is 10.1. The van der Waals surface area contributed by atoms with Crippen LogP contribution >= 0.6 is 0 Å². The molecule has 0 spiro atoms. The van der Waals surface area contributed by atoms with Crippen molar-refractivity contribution in [3.63, 3.8) is 0 Å². The summed E-state index contributed by atoms with van der Waals surface area (Å²) in [5, 5.41) is 12.2. The lowest BCUT2D eigenvalue weighted by molar-refractivity contribution is 0.0697. The lowest BCUT2D eigenvalue weighted by Crippen LogP contribution is -2.01. The number of benzene rings is 2. The van der Waals surface area contributed by atoms with Crippen LogP contribution in [0.1, 0.15) is 54.9 Å². The Labute approximate surface area is 149 Å². The predicted molar refractivity (Wildman–Crippen MR) is 101 cm³/mol. The van der Waals surface area contributed by atoms with Gasteiger partial charge in [0, 0.05) is 12.2 Å². The molecule has 2 aromatic rings. The lowest BCUT2D eigenvalue weighted by Gasteiger charge is -2.09. The van der Waals surface area contributed by atoms with Crippen molar-refractivity contribution in [1.29, 1.82) is 0 Å². The van der Waals surface area contributed by atoms with E-state index in [1.807, 2.05) is 24.3 Å². The Morgan fingerprint density at radius 2 is 1.64 bits per heavy atom. The van der Waals surface area contributed by atoms with Crippen LogP contribution in [0.5, 0.6) is 5.75 Å². The fraction of sp³-hybridized carbons (Fsp3) is 0.381. The third-order valence-electron chi connectivity index (χ3n) is 4.07. The molecule has 2 rings (SSSR count). The Kier molecular flexibility index (Phi) is 7.83. The summed E-state index contributed by atoms with van der Waals surface area (Å²) < 4.78 is 5.76. The Morgan fingerprint density at radius 1 is 0.960 bits per heavy atom. The molecule has 0 atom stereocenters. The van der Waals surface area contributed by atoms with Crippen LogP contribution in [0.15, 0.2) is 48.5 Å². The van der Waals surface area contributed by atoms with E-state index in [0.29, 0.717) is 12.1 Å². The highest BCUT2D eigenvalue weighted by molar-refractivity contribution is 5.87. The number of unbranched alkanes of at least 4 members (excludes halogenated alkanes) is 4. The Bertz CT molecular complexity index is 635. The van der Waals surface area contributed by atoms with E-state index in [-0.39, 0.29) is 0 Å². The van der Waals surface area contributed by atoms with Crippen LogP contribution in [-0.2, 0) is 6.54 Å². The van der Waals surface area contributed by atoms with Gasteiger partial charge in [-0.1, -0.05) is 44.7 Å². The summed E-state index contributed by atoms with van der Waals surface area (Å²) in [5.41, 5.74) is 2.34. The molecule has 0 saturated carbocycles. The zero-order valence-electron chi connectivity index (χ0n) is 14.8. The highest BCUT2D eigenvalue weighted by Gasteiger charge is 2.02. The van der Waals surface area contributed by atoms with Crippen LogP contribution in [0.25, 0.3) is 0 Å². The second-order valence-electron chi connectivity index (χ2n) is 6.14. The van der Waals surface area contributed by atoms with Crippen LogP contribution in [0.4, 0.5) is 5.69 Å². The highest BCUT2D eigenvalue weighted by atomic mass is 16.5. The molecule has 0 amide bonds. The molecule has 0 fully saturated rings. The molecule has 0 aliphatic carbocycles. The highest BCUT2D eigenvalue weighted by Crippen LogP contribution is 2.15. The van der Waals surface area contributed by atoms with E-state index in [1.165, 1.54) is 25.7 Å². The molecule has 4 heteroatoms. The van der Waals surface area contributed by atoms with E-state index in [1.54, 1.807) is 24.3 Å². The molecule has 0 heterocycles. The summed E-state index contributed by atoms with van der Waals surface area (Å²) >= 11 is 0. The molecule has 0 aliphatic rings. The number of anilines is 1. The molecule has 0 saturated heterocycles. The van der Waals surface area contributed by atoms with Crippen molar-refractivity contribution in [3.05, 3.63) is 59.7 Å². The molecule has 0 bridgehead atoms. The van der Waals surface area contributed by atoms with Crippen molar-refractivity contribution in [3.8, 4) is 5.75 Å². The van der Waals surface area contributed by atoms with Crippen molar-refractivity contribution in [1.82, 2.24) is 0 Å². The predicted octanol–water partition coefficient (Wildman–Crippen LogP) is 5.35. The van der Waals surface area contributed by atoms with E-state index in [2.05, 4.69) is 12.2 Å². The van der Waals surface area contributed by atoms with Crippen molar-refractivity contribution in [2.75, 3.05) is 11.9 Å². The maximum absolute atomic E-state index is 10.8. The first-order chi connectivity index (χ1) is 12.2. The Hall–Kier alpha value is -2.49. The number of carboxylic acids is 1. The maximum atomic E-state index is 10.8. The van der Waals surface area contributed by atoms with Gasteiger partial charge in [0.2, 0.25) is 0 Å². The third-order valence-corrected chi connectivity index (χ3v) is 4.07. The van der Waals surface area contributed by atoms with Gasteiger partial charge in [-0.25, -0.2) is 4.79 Å². The Balaban J connectivity index is 1.71. The number of carbonyl (C=O) groups is 1. The molecular weight excluding hydrogens is 314 g/mol. The molecule has 2 N–H and O–H groups in total. The number of nitrogens with one attached hydrogen (secondary N) is 1. The van der Waals surface area contributed by atoms with E-state index < -0.39 is 5.97 Å². The number of ether oxygens (including phenoxy) is 1. The van der Waals surface area contributed by atoms with E-state index in [9.17, 15) is 4.79 Å². The van der Waals surface area contributed by atoms with Crippen molar-refractivity contribution in [2.45, 2.75) is 45.6 Å². The fourth-order valence-corrected chi connectivity index (χ4v) is 2.53. The third kappa shape index (κ3) is 6.87. The van der Waals surface area contributed by atoms with Crippen LogP contribution < -0.4 is 10.1 Å². The zero-order valence-corrected chi connectivity index (χ0v) is 14.8. The molecular formula is C21H27NO3. The summed E-state index contributed by atoms with van der Waals surface area (Å²) in [5.74, 6) is -0.00226. The second-order valence-corrected chi connectivity index (χ2v) is 6.14. The Morgan fingerprint density at radius 3 is 2.28 bits per heavy atom. The minimum Gasteiger partial charge on any atom is -0.494 e. The fourth-order valence-electron chi connectivity index (χ4n) is 2.53. The van der Waals surface area contributed by atoms with Crippen molar-refractivity contribution in [2.24, 2.45) is 0 Å². The molecule has 2 aromatic carbocycles. The van der Waals surface area contributed by atoms with Gasteiger partial charge < -0.3 is 15.2 Å².